The number of hydrogen-bond acceptors (Lipinski definition) is 8. The highest BCUT2D eigenvalue weighted by molar-refractivity contribution is 5.98. The van der Waals surface area contributed by atoms with Gasteiger partial charge in [0, 0.05) is 31.2 Å². The second-order valence-electron chi connectivity index (χ2n) is 8.11. The van der Waals surface area contributed by atoms with E-state index >= 15 is 0 Å². The third kappa shape index (κ3) is 6.66. The van der Waals surface area contributed by atoms with E-state index in [9.17, 15) is 18.4 Å². The van der Waals surface area contributed by atoms with Crippen LogP contribution in [0.5, 0.6) is 0 Å². The first-order chi connectivity index (χ1) is 16.7. The summed E-state index contributed by atoms with van der Waals surface area (Å²) in [5.41, 5.74) is 5.34. The predicted molar refractivity (Wildman–Crippen MR) is 126 cm³/mol. The fourth-order valence-electron chi connectivity index (χ4n) is 3.75. The van der Waals surface area contributed by atoms with E-state index in [4.69, 9.17) is 15.6 Å². The molecular weight excluding hydrogens is 464 g/mol. The van der Waals surface area contributed by atoms with Gasteiger partial charge in [0.25, 0.3) is 5.91 Å². The minimum absolute atomic E-state index is 0.101. The van der Waals surface area contributed by atoms with Crippen LogP contribution in [0, 0.1) is 11.6 Å². The molecular formula is C22H29F2N7O4. The number of carbonyl (C=O) groups is 2. The first-order valence-corrected chi connectivity index (χ1v) is 11.2. The monoisotopic (exact) mass is 493 g/mol. The molecule has 0 aliphatic carbocycles. The van der Waals surface area contributed by atoms with Crippen molar-refractivity contribution in [1.29, 1.82) is 0 Å². The number of ether oxygens (including phenoxy) is 1. The molecule has 2 aromatic heterocycles. The lowest BCUT2D eigenvalue weighted by Crippen LogP contribution is -2.44. The summed E-state index contributed by atoms with van der Waals surface area (Å²) in [5, 5.41) is 17.0. The molecule has 1 saturated heterocycles. The number of primary amides is 1. The van der Waals surface area contributed by atoms with Crippen LogP contribution in [0.2, 0.25) is 0 Å². The van der Waals surface area contributed by atoms with E-state index in [0.717, 1.165) is 6.07 Å². The lowest BCUT2D eigenvalue weighted by molar-refractivity contribution is 0.1000. The Hall–Kier alpha value is -3.74. The van der Waals surface area contributed by atoms with Crippen LogP contribution in [0.4, 0.5) is 36.7 Å². The number of nitrogens with two attached hydrogens (primary N) is 1. The molecule has 190 valence electrons. The third-order valence-electron chi connectivity index (χ3n) is 5.51. The van der Waals surface area contributed by atoms with E-state index in [0.29, 0.717) is 39.1 Å². The van der Waals surface area contributed by atoms with Crippen molar-refractivity contribution < 1.29 is 28.2 Å². The minimum Gasteiger partial charge on any atom is -0.465 e. The van der Waals surface area contributed by atoms with Gasteiger partial charge in [-0.25, -0.2) is 23.5 Å². The van der Waals surface area contributed by atoms with Gasteiger partial charge >= 0.3 is 6.09 Å². The highest BCUT2D eigenvalue weighted by Gasteiger charge is 2.23. The Kier molecular flexibility index (Phi) is 8.58. The molecule has 0 radical (unpaired) electrons. The Bertz CT molecular complexity index is 1070. The first kappa shape index (κ1) is 25.9. The zero-order valence-corrected chi connectivity index (χ0v) is 19.5. The molecule has 0 saturated carbocycles. The van der Waals surface area contributed by atoms with Crippen molar-refractivity contribution in [3.8, 4) is 0 Å². The Morgan fingerprint density at radius 2 is 1.94 bits per heavy atom. The fraction of sp³-hybridized carbons (Fsp3) is 0.455. The smallest absolute Gasteiger partial charge is 0.404 e. The standard InChI is InChI=1S/C22H29F2N7O4/c1-3-4-17(12(2)27-22(33)34)29-20-15(23)10-14(18(25)32)19(30-20)28-13-9-16(24)21(26-11-13)31-5-7-35-8-6-31/h9-12,17,27H,3-8H2,1-2H3,(H2,25,32)(H,33,34)(H2,28,29,30)/t12-,17+/m0/s1. The molecule has 1 aliphatic rings. The molecule has 0 spiro atoms. The number of amides is 2. The SMILES string of the molecule is CCC[C@@H](Nc1nc(Nc2cnc(N3CCOCC3)c(F)c2)c(C(N)=O)cc1F)[C@H](C)NC(=O)O. The van der Waals surface area contributed by atoms with Gasteiger partial charge in [0.1, 0.15) is 5.82 Å². The van der Waals surface area contributed by atoms with Crippen LogP contribution in [0.1, 0.15) is 37.0 Å². The highest BCUT2D eigenvalue weighted by atomic mass is 19.1. The molecule has 2 amide bonds. The molecule has 3 heterocycles. The van der Waals surface area contributed by atoms with Crippen LogP contribution in [0.15, 0.2) is 18.3 Å². The normalized spacial score (nSPS) is 15.3. The van der Waals surface area contributed by atoms with Crippen molar-refractivity contribution in [2.24, 2.45) is 5.73 Å². The molecule has 2 aromatic rings. The van der Waals surface area contributed by atoms with Crippen molar-refractivity contribution in [2.45, 2.75) is 38.8 Å². The number of pyridine rings is 2. The Balaban J connectivity index is 1.88. The molecule has 3 rings (SSSR count). The van der Waals surface area contributed by atoms with E-state index in [1.165, 1.54) is 12.3 Å². The zero-order chi connectivity index (χ0) is 25.5. The Morgan fingerprint density at radius 3 is 2.54 bits per heavy atom. The number of carbonyl (C=O) groups excluding carboxylic acids is 1. The van der Waals surface area contributed by atoms with Gasteiger partial charge in [0.15, 0.2) is 23.3 Å². The van der Waals surface area contributed by atoms with Crippen molar-refractivity contribution in [2.75, 3.05) is 41.8 Å². The molecule has 1 aliphatic heterocycles. The average molecular weight is 494 g/mol. The zero-order valence-electron chi connectivity index (χ0n) is 19.5. The number of rotatable bonds is 10. The molecule has 13 heteroatoms. The molecule has 0 unspecified atom stereocenters. The fourth-order valence-corrected chi connectivity index (χ4v) is 3.75. The maximum absolute atomic E-state index is 14.8. The molecule has 0 bridgehead atoms. The van der Waals surface area contributed by atoms with Gasteiger partial charge in [-0.1, -0.05) is 13.3 Å². The second-order valence-corrected chi connectivity index (χ2v) is 8.11. The molecule has 2 atom stereocenters. The van der Waals surface area contributed by atoms with Crippen LogP contribution in [-0.2, 0) is 4.74 Å². The van der Waals surface area contributed by atoms with Gasteiger partial charge in [-0.15, -0.1) is 0 Å². The Labute approximate surface area is 201 Å². The van der Waals surface area contributed by atoms with Gasteiger partial charge in [0.2, 0.25) is 0 Å². The van der Waals surface area contributed by atoms with Gasteiger partial charge < -0.3 is 36.4 Å². The lowest BCUT2D eigenvalue weighted by Gasteiger charge is -2.28. The summed E-state index contributed by atoms with van der Waals surface area (Å²) in [7, 11) is 0. The number of halogens is 2. The van der Waals surface area contributed by atoms with Gasteiger partial charge in [0.05, 0.1) is 30.7 Å². The summed E-state index contributed by atoms with van der Waals surface area (Å²) in [4.78, 5) is 33.1. The number of morpholine rings is 1. The summed E-state index contributed by atoms with van der Waals surface area (Å²) >= 11 is 0. The van der Waals surface area contributed by atoms with E-state index < -0.39 is 35.7 Å². The minimum atomic E-state index is -1.21. The van der Waals surface area contributed by atoms with Gasteiger partial charge in [-0.05, 0) is 19.4 Å². The third-order valence-corrected chi connectivity index (χ3v) is 5.51. The lowest BCUT2D eigenvalue weighted by atomic mass is 10.0. The van der Waals surface area contributed by atoms with Crippen LogP contribution in [0.25, 0.3) is 0 Å². The highest BCUT2D eigenvalue weighted by Crippen LogP contribution is 2.27. The van der Waals surface area contributed by atoms with Gasteiger partial charge in [-0.3, -0.25) is 4.79 Å². The summed E-state index contributed by atoms with van der Waals surface area (Å²) < 4.78 is 34.8. The topological polar surface area (TPSA) is 155 Å². The van der Waals surface area contributed by atoms with E-state index in [1.54, 1.807) is 11.8 Å². The second kappa shape index (κ2) is 11.6. The number of anilines is 4. The van der Waals surface area contributed by atoms with E-state index in [-0.39, 0.29) is 28.7 Å². The maximum Gasteiger partial charge on any atom is 0.404 e. The quantitative estimate of drug-likeness (QED) is 0.336. The number of carboxylic acid groups (broad SMARTS) is 1. The van der Waals surface area contributed by atoms with Crippen LogP contribution >= 0.6 is 0 Å². The largest absolute Gasteiger partial charge is 0.465 e. The maximum atomic E-state index is 14.8. The summed E-state index contributed by atoms with van der Waals surface area (Å²) in [5.74, 6) is -2.51. The number of aromatic nitrogens is 2. The molecule has 1 fully saturated rings. The van der Waals surface area contributed by atoms with E-state index in [2.05, 4.69) is 25.9 Å². The van der Waals surface area contributed by atoms with Gasteiger partial charge in [-0.2, -0.15) is 0 Å². The number of hydrogen-bond donors (Lipinski definition) is 5. The van der Waals surface area contributed by atoms with Crippen molar-refractivity contribution >= 4 is 35.1 Å². The van der Waals surface area contributed by atoms with Crippen LogP contribution < -0.4 is 26.6 Å². The van der Waals surface area contributed by atoms with E-state index in [1.807, 2.05) is 6.92 Å². The molecule has 11 nitrogen and oxygen atoms in total. The molecule has 35 heavy (non-hydrogen) atoms. The Morgan fingerprint density at radius 1 is 1.23 bits per heavy atom. The summed E-state index contributed by atoms with van der Waals surface area (Å²) in [6, 6.07) is 1.06. The van der Waals surface area contributed by atoms with Crippen molar-refractivity contribution in [3.05, 3.63) is 35.5 Å². The number of nitrogens with zero attached hydrogens (tertiary/aromatic N) is 3. The number of nitrogens with one attached hydrogen (secondary N) is 3. The summed E-state index contributed by atoms with van der Waals surface area (Å²) in [6.07, 6.45) is 1.36. The summed E-state index contributed by atoms with van der Waals surface area (Å²) in [6.45, 7) is 5.49. The molecule has 6 N–H and O–H groups in total. The van der Waals surface area contributed by atoms with Crippen LogP contribution in [-0.4, -0.2) is 65.5 Å². The van der Waals surface area contributed by atoms with Crippen molar-refractivity contribution in [3.63, 3.8) is 0 Å². The van der Waals surface area contributed by atoms with Crippen LogP contribution in [0.3, 0.4) is 0 Å². The average Bonchev–Trinajstić information content (AvgIpc) is 2.80. The van der Waals surface area contributed by atoms with Crippen molar-refractivity contribution in [1.82, 2.24) is 15.3 Å². The first-order valence-electron chi connectivity index (χ1n) is 11.2. The predicted octanol–water partition coefficient (Wildman–Crippen LogP) is 2.67. The molecule has 0 aromatic carbocycles.